The Hall–Kier alpha value is -4.60. The van der Waals surface area contributed by atoms with Gasteiger partial charge in [-0.15, -0.1) is 0 Å². The summed E-state index contributed by atoms with van der Waals surface area (Å²) in [6.07, 6.45) is -9.73. The van der Waals surface area contributed by atoms with E-state index in [1.54, 1.807) is 24.0 Å². The highest BCUT2D eigenvalue weighted by molar-refractivity contribution is 5.90. The number of benzene rings is 2. The summed E-state index contributed by atoms with van der Waals surface area (Å²) in [5.41, 5.74) is 3.16. The molecule has 10 nitrogen and oxygen atoms in total. The predicted octanol–water partition coefficient (Wildman–Crippen LogP) is 6.50. The first-order valence-corrected chi connectivity index (χ1v) is 15.1. The molecule has 1 amide bonds. The van der Waals surface area contributed by atoms with E-state index in [9.17, 15) is 46.1 Å². The van der Waals surface area contributed by atoms with Gasteiger partial charge in [-0.25, -0.2) is 14.8 Å². The number of alkyl halides is 6. The Kier molecular flexibility index (Phi) is 9.25. The molecule has 0 spiro atoms. The molecule has 2 aliphatic heterocycles. The van der Waals surface area contributed by atoms with Crippen LogP contribution in [0, 0.1) is 5.92 Å². The Labute approximate surface area is 271 Å². The fraction of sp³-hybridized carbons (Fsp3) is 0.438. The molecule has 0 aliphatic carbocycles. The minimum Gasteiger partial charge on any atom is -0.497 e. The summed E-state index contributed by atoms with van der Waals surface area (Å²) in [5.74, 6) is -1.80. The van der Waals surface area contributed by atoms with Crippen molar-refractivity contribution in [1.29, 1.82) is 0 Å². The van der Waals surface area contributed by atoms with Gasteiger partial charge >= 0.3 is 24.4 Å². The van der Waals surface area contributed by atoms with E-state index in [-0.39, 0.29) is 67.6 Å². The lowest BCUT2D eigenvalue weighted by Crippen LogP contribution is -2.61. The number of rotatable bonds is 7. The van der Waals surface area contributed by atoms with Crippen molar-refractivity contribution in [2.75, 3.05) is 30.0 Å². The Bertz CT molecular complexity index is 1680. The first-order chi connectivity index (χ1) is 22.4. The van der Waals surface area contributed by atoms with Crippen molar-refractivity contribution in [2.45, 2.75) is 63.0 Å². The number of carbonyl (C=O) groups is 2. The van der Waals surface area contributed by atoms with Crippen molar-refractivity contribution in [1.82, 2.24) is 9.97 Å². The molecule has 0 saturated carbocycles. The molecule has 0 unspecified atom stereocenters. The Morgan fingerprint density at radius 3 is 2.15 bits per heavy atom. The van der Waals surface area contributed by atoms with Crippen LogP contribution in [0.3, 0.4) is 0 Å². The number of nitrogens with two attached hydrogens (primary N) is 1. The maximum Gasteiger partial charge on any atom is 0.416 e. The summed E-state index contributed by atoms with van der Waals surface area (Å²) in [6.45, 7) is 2.19. The number of carboxylic acids is 1. The van der Waals surface area contributed by atoms with E-state index in [0.717, 1.165) is 4.90 Å². The van der Waals surface area contributed by atoms with E-state index in [1.165, 1.54) is 19.4 Å². The standard InChI is InChI=1S/C32H33F6N5O5/c1-3-30(39)15-23(22-14-21(48-2)4-5-25(22)43(30)29(46)47)27-40-16-26(42-8-6-18(7-9-42)28(44)45)24(41-27)12-17-10-19(31(33,34)35)13-20(11-17)32(36,37)38/h4-5,10-11,13-14,16,18,23H,3,6-9,12,15,39H2,1-2H3,(H,44,45)(H,46,47)/t23-,30+/m0/s1. The van der Waals surface area contributed by atoms with Crippen LogP contribution in [0.5, 0.6) is 5.75 Å². The fourth-order valence-electron chi connectivity index (χ4n) is 6.43. The number of hydrogen-bond donors (Lipinski definition) is 3. The second-order valence-electron chi connectivity index (χ2n) is 12.0. The molecule has 1 saturated heterocycles. The Morgan fingerprint density at radius 2 is 1.62 bits per heavy atom. The molecular formula is C32H33F6N5O5. The number of carboxylic acid groups (broad SMARTS) is 2. The number of piperidine rings is 1. The molecule has 1 fully saturated rings. The van der Waals surface area contributed by atoms with Gasteiger partial charge in [-0.1, -0.05) is 6.92 Å². The zero-order valence-corrected chi connectivity index (χ0v) is 25.9. The van der Waals surface area contributed by atoms with Crippen molar-refractivity contribution < 1.29 is 50.9 Å². The molecule has 5 rings (SSSR count). The zero-order valence-electron chi connectivity index (χ0n) is 25.9. The number of aliphatic carboxylic acids is 1. The molecule has 3 aromatic rings. The van der Waals surface area contributed by atoms with Gasteiger partial charge in [0, 0.05) is 25.4 Å². The minimum absolute atomic E-state index is 0.000537. The monoisotopic (exact) mass is 681 g/mol. The smallest absolute Gasteiger partial charge is 0.416 e. The summed E-state index contributed by atoms with van der Waals surface area (Å²) in [5, 5.41) is 19.6. The molecule has 2 aliphatic rings. The third-order valence-electron chi connectivity index (χ3n) is 9.04. The van der Waals surface area contributed by atoms with Crippen LogP contribution in [-0.2, 0) is 23.6 Å². The third kappa shape index (κ3) is 6.84. The summed E-state index contributed by atoms with van der Waals surface area (Å²) in [4.78, 5) is 36.1. The second-order valence-corrected chi connectivity index (χ2v) is 12.0. The van der Waals surface area contributed by atoms with Gasteiger partial charge in [0.2, 0.25) is 0 Å². The van der Waals surface area contributed by atoms with Crippen LogP contribution >= 0.6 is 0 Å². The molecule has 1 aromatic heterocycles. The molecule has 4 N–H and O–H groups in total. The summed E-state index contributed by atoms with van der Waals surface area (Å²) in [7, 11) is 1.43. The van der Waals surface area contributed by atoms with E-state index >= 15 is 0 Å². The number of hydrogen-bond acceptors (Lipinski definition) is 7. The highest BCUT2D eigenvalue weighted by atomic mass is 19.4. The van der Waals surface area contributed by atoms with Gasteiger partial charge in [-0.05, 0) is 73.2 Å². The number of amides is 1. The van der Waals surface area contributed by atoms with Crippen molar-refractivity contribution in [3.05, 3.63) is 76.4 Å². The van der Waals surface area contributed by atoms with Gasteiger partial charge in [-0.3, -0.25) is 9.69 Å². The normalized spacial score (nSPS) is 20.4. The van der Waals surface area contributed by atoms with E-state index < -0.39 is 59.5 Å². The van der Waals surface area contributed by atoms with Crippen LogP contribution in [0.1, 0.15) is 72.3 Å². The lowest BCUT2D eigenvalue weighted by Gasteiger charge is -2.46. The SMILES string of the molecule is CC[C@]1(N)C[C@H](c2ncc(N3CCC(C(=O)O)CC3)c(Cc3cc(C(F)(F)F)cc(C(F)(F)F)c3)n2)c2cc(OC)ccc2N1C(=O)O. The largest absolute Gasteiger partial charge is 0.497 e. The summed E-state index contributed by atoms with van der Waals surface area (Å²) < 4.78 is 87.8. The molecule has 0 radical (unpaired) electrons. The van der Waals surface area contributed by atoms with Crippen molar-refractivity contribution in [3.63, 3.8) is 0 Å². The van der Waals surface area contributed by atoms with Gasteiger partial charge in [0.05, 0.1) is 47.4 Å². The van der Waals surface area contributed by atoms with Crippen LogP contribution < -0.4 is 20.3 Å². The molecule has 0 bridgehead atoms. The van der Waals surface area contributed by atoms with Crippen LogP contribution in [0.4, 0.5) is 42.5 Å². The molecule has 2 atom stereocenters. The van der Waals surface area contributed by atoms with Crippen LogP contribution in [0.2, 0.25) is 0 Å². The Balaban J connectivity index is 1.66. The molecule has 48 heavy (non-hydrogen) atoms. The third-order valence-corrected chi connectivity index (χ3v) is 9.04. The molecular weight excluding hydrogens is 648 g/mol. The Morgan fingerprint density at radius 1 is 1.00 bits per heavy atom. The lowest BCUT2D eigenvalue weighted by molar-refractivity contribution is -0.144. The van der Waals surface area contributed by atoms with E-state index in [2.05, 4.69) is 4.98 Å². The first-order valence-electron chi connectivity index (χ1n) is 15.1. The lowest BCUT2D eigenvalue weighted by atomic mass is 9.80. The van der Waals surface area contributed by atoms with Gasteiger partial charge in [0.15, 0.2) is 0 Å². The van der Waals surface area contributed by atoms with Crippen LogP contribution in [-0.4, -0.2) is 58.1 Å². The fourth-order valence-corrected chi connectivity index (χ4v) is 6.43. The number of methoxy groups -OCH3 is 1. The summed E-state index contributed by atoms with van der Waals surface area (Å²) in [6, 6.07) is 6.06. The zero-order chi connectivity index (χ0) is 35.2. The second kappa shape index (κ2) is 12.8. The molecule has 16 heteroatoms. The topological polar surface area (TPSA) is 142 Å². The van der Waals surface area contributed by atoms with Crippen LogP contribution in [0.25, 0.3) is 0 Å². The number of nitrogens with zero attached hydrogens (tertiary/aromatic N) is 4. The first kappa shape index (κ1) is 34.7. The minimum atomic E-state index is -5.06. The van der Waals surface area contributed by atoms with Gasteiger partial charge in [0.25, 0.3) is 0 Å². The van der Waals surface area contributed by atoms with Crippen molar-refractivity contribution in [2.24, 2.45) is 11.7 Å². The van der Waals surface area contributed by atoms with Gasteiger partial charge < -0.3 is 25.6 Å². The van der Waals surface area contributed by atoms with Crippen LogP contribution in [0.15, 0.2) is 42.6 Å². The maximum absolute atomic E-state index is 13.7. The van der Waals surface area contributed by atoms with E-state index in [4.69, 9.17) is 15.5 Å². The molecule has 258 valence electrons. The van der Waals surface area contributed by atoms with Gasteiger partial charge in [0.1, 0.15) is 17.2 Å². The quantitative estimate of drug-likeness (QED) is 0.238. The average Bonchev–Trinajstić information content (AvgIpc) is 3.03. The van der Waals surface area contributed by atoms with Gasteiger partial charge in [-0.2, -0.15) is 26.3 Å². The number of ether oxygens (including phenoxy) is 1. The number of aromatic nitrogens is 2. The number of fused-ring (bicyclic) bond motifs is 1. The number of halogens is 6. The van der Waals surface area contributed by atoms with Crippen molar-refractivity contribution in [3.8, 4) is 5.75 Å². The number of anilines is 2. The highest BCUT2D eigenvalue weighted by Crippen LogP contribution is 2.47. The highest BCUT2D eigenvalue weighted by Gasteiger charge is 2.46. The predicted molar refractivity (Wildman–Crippen MR) is 161 cm³/mol. The van der Waals surface area contributed by atoms with E-state index in [1.807, 2.05) is 0 Å². The summed E-state index contributed by atoms with van der Waals surface area (Å²) >= 11 is 0. The maximum atomic E-state index is 13.7. The average molecular weight is 682 g/mol. The molecule has 3 heterocycles. The van der Waals surface area contributed by atoms with E-state index in [0.29, 0.717) is 29.1 Å². The van der Waals surface area contributed by atoms with Crippen molar-refractivity contribution >= 4 is 23.4 Å². The molecule has 2 aromatic carbocycles.